The van der Waals surface area contributed by atoms with E-state index in [2.05, 4.69) is 29.2 Å². The molecule has 0 aromatic heterocycles. The highest BCUT2D eigenvalue weighted by molar-refractivity contribution is 7.90. The maximum atomic E-state index is 13.7. The highest BCUT2D eigenvalue weighted by Crippen LogP contribution is 2.37. The second-order valence-corrected chi connectivity index (χ2v) is 14.7. The van der Waals surface area contributed by atoms with Crippen molar-refractivity contribution in [1.82, 2.24) is 20.3 Å². The highest BCUT2D eigenvalue weighted by Gasteiger charge is 2.54. The van der Waals surface area contributed by atoms with Crippen molar-refractivity contribution in [3.8, 4) is 0 Å². The van der Waals surface area contributed by atoms with Gasteiger partial charge in [-0.3, -0.25) is 14.4 Å². The second-order valence-electron chi connectivity index (χ2n) is 13.0. The van der Waals surface area contributed by atoms with E-state index in [0.29, 0.717) is 37.4 Å². The first-order chi connectivity index (χ1) is 20.0. The predicted molar refractivity (Wildman–Crippen MR) is 162 cm³/mol. The number of hydrogen-bond acceptors (Lipinski definition) is 8. The van der Waals surface area contributed by atoms with Crippen LogP contribution in [0.25, 0.3) is 0 Å². The third kappa shape index (κ3) is 9.84. The van der Waals surface area contributed by atoms with E-state index in [4.69, 9.17) is 10.5 Å². The number of benzene rings is 1. The van der Waals surface area contributed by atoms with Crippen LogP contribution in [0.15, 0.2) is 29.2 Å². The smallest absolute Gasteiger partial charge is 0.408 e. The average molecular weight is 622 g/mol. The zero-order chi connectivity index (χ0) is 32.0. The van der Waals surface area contributed by atoms with Crippen LogP contribution in [0, 0.1) is 5.92 Å². The monoisotopic (exact) mass is 621 g/mol. The number of nitrogen functional groups attached to an aromatic ring is 1. The number of carbonyl (C=O) groups is 4. The number of carbonyl (C=O) groups excluding carboxylic acids is 4. The summed E-state index contributed by atoms with van der Waals surface area (Å²) in [6.45, 7) is 9.84. The fraction of sp³-hybridized carbons (Fsp3) is 0.667. The van der Waals surface area contributed by atoms with Crippen LogP contribution in [0.3, 0.4) is 0 Å². The zero-order valence-corrected chi connectivity index (χ0v) is 26.7. The summed E-state index contributed by atoms with van der Waals surface area (Å²) < 4.78 is 32.9. The van der Waals surface area contributed by atoms with Gasteiger partial charge >= 0.3 is 6.09 Å². The molecule has 0 bridgehead atoms. The van der Waals surface area contributed by atoms with Crippen LogP contribution in [-0.4, -0.2) is 66.9 Å². The van der Waals surface area contributed by atoms with Gasteiger partial charge in [0.25, 0.3) is 15.9 Å². The van der Waals surface area contributed by atoms with Crippen LogP contribution in [0.2, 0.25) is 0 Å². The minimum absolute atomic E-state index is 0.127. The standard InChI is InChI=1S/C30H47N5O7S/c1-20(2)10-7-6-8-11-23(32-28(39)42-29(3,4)5)26(37)35-19-9-12-24(35)25(36)33-30(17-18-30)27(38)34-43(40,41)22-15-13-21(31)14-16-22/h13-16,20,23-24H,6-12,17-19,31H2,1-5H3,(H,32,39)(H,33,36)(H,34,38)/t23-,24-/m0/s1. The van der Waals surface area contributed by atoms with E-state index in [0.717, 1.165) is 25.7 Å². The van der Waals surface area contributed by atoms with Crippen LogP contribution in [0.1, 0.15) is 92.4 Å². The zero-order valence-electron chi connectivity index (χ0n) is 25.9. The average Bonchev–Trinajstić information content (AvgIpc) is 3.50. The molecule has 0 spiro atoms. The molecule has 43 heavy (non-hydrogen) atoms. The summed E-state index contributed by atoms with van der Waals surface area (Å²) in [5, 5.41) is 5.43. The molecule has 3 rings (SSSR count). The lowest BCUT2D eigenvalue weighted by Gasteiger charge is -2.30. The Balaban J connectivity index is 1.67. The summed E-state index contributed by atoms with van der Waals surface area (Å²) in [6, 6.07) is 3.68. The van der Waals surface area contributed by atoms with E-state index in [1.54, 1.807) is 20.8 Å². The maximum Gasteiger partial charge on any atom is 0.408 e. The van der Waals surface area contributed by atoms with Crippen molar-refractivity contribution < 1.29 is 32.3 Å². The van der Waals surface area contributed by atoms with Gasteiger partial charge in [0.2, 0.25) is 11.8 Å². The number of nitrogens with zero attached hydrogens (tertiary/aromatic N) is 1. The molecule has 0 unspecified atom stereocenters. The van der Waals surface area contributed by atoms with Gasteiger partial charge in [-0.05, 0) is 83.1 Å². The van der Waals surface area contributed by atoms with Crippen LogP contribution in [0.5, 0.6) is 0 Å². The number of amides is 4. The topological polar surface area (TPSA) is 177 Å². The third-order valence-electron chi connectivity index (χ3n) is 7.57. The SMILES string of the molecule is CC(C)CCCCC[C@H](NC(=O)OC(C)(C)C)C(=O)N1CCC[C@H]1C(=O)NC1(C(=O)NS(=O)(=O)c2ccc(N)cc2)CC1. The number of sulfonamides is 1. The highest BCUT2D eigenvalue weighted by atomic mass is 32.2. The van der Waals surface area contributed by atoms with Gasteiger partial charge in [0.15, 0.2) is 0 Å². The molecule has 4 amide bonds. The molecular formula is C30H47N5O7S. The van der Waals surface area contributed by atoms with Gasteiger partial charge in [-0.25, -0.2) is 17.9 Å². The van der Waals surface area contributed by atoms with Crippen LogP contribution in [-0.2, 0) is 29.1 Å². The Morgan fingerprint density at radius 1 is 1.05 bits per heavy atom. The lowest BCUT2D eigenvalue weighted by molar-refractivity contribution is -0.141. The number of likely N-dealkylation sites (tertiary alicyclic amines) is 1. The lowest BCUT2D eigenvalue weighted by atomic mass is 10.0. The molecule has 1 aliphatic heterocycles. The molecule has 13 heteroatoms. The van der Waals surface area contributed by atoms with Crippen molar-refractivity contribution in [2.75, 3.05) is 12.3 Å². The van der Waals surface area contributed by atoms with E-state index >= 15 is 0 Å². The van der Waals surface area contributed by atoms with Gasteiger partial charge in [-0.2, -0.15) is 0 Å². The van der Waals surface area contributed by atoms with E-state index < -0.39 is 51.2 Å². The maximum absolute atomic E-state index is 13.7. The second kappa shape index (κ2) is 14.0. The summed E-state index contributed by atoms with van der Waals surface area (Å²) in [5.41, 5.74) is 3.88. The van der Waals surface area contributed by atoms with Crippen LogP contribution >= 0.6 is 0 Å². The molecule has 5 N–H and O–H groups in total. The number of hydrogen-bond donors (Lipinski definition) is 4. The molecular weight excluding hydrogens is 574 g/mol. The van der Waals surface area contributed by atoms with Gasteiger partial charge in [-0.15, -0.1) is 0 Å². The summed E-state index contributed by atoms with van der Waals surface area (Å²) >= 11 is 0. The number of anilines is 1. The van der Waals surface area contributed by atoms with Crippen LogP contribution in [0.4, 0.5) is 10.5 Å². The molecule has 0 radical (unpaired) electrons. The molecule has 2 fully saturated rings. The Morgan fingerprint density at radius 2 is 1.67 bits per heavy atom. The fourth-order valence-electron chi connectivity index (χ4n) is 5.07. The molecule has 1 aromatic rings. The Labute approximate surface area is 254 Å². The minimum atomic E-state index is -4.18. The molecule has 1 saturated carbocycles. The predicted octanol–water partition coefficient (Wildman–Crippen LogP) is 3.21. The molecule has 240 valence electrons. The Hall–Kier alpha value is -3.35. The first kappa shape index (κ1) is 34.1. The van der Waals surface area contributed by atoms with Crippen molar-refractivity contribution in [3.05, 3.63) is 24.3 Å². The fourth-order valence-corrected chi connectivity index (χ4v) is 6.12. The van der Waals surface area contributed by atoms with Crippen LogP contribution < -0.4 is 21.1 Å². The summed E-state index contributed by atoms with van der Waals surface area (Å²) in [5.74, 6) is -1.17. The van der Waals surface area contributed by atoms with Crippen molar-refractivity contribution in [1.29, 1.82) is 0 Å². The molecule has 2 aliphatic rings. The van der Waals surface area contributed by atoms with Crippen molar-refractivity contribution >= 4 is 39.5 Å². The van der Waals surface area contributed by atoms with E-state index in [9.17, 15) is 27.6 Å². The van der Waals surface area contributed by atoms with E-state index in [1.807, 2.05) is 0 Å². The minimum Gasteiger partial charge on any atom is -0.444 e. The van der Waals surface area contributed by atoms with Crippen molar-refractivity contribution in [2.45, 2.75) is 121 Å². The Bertz CT molecular complexity index is 1270. The first-order valence-electron chi connectivity index (χ1n) is 15.1. The third-order valence-corrected chi connectivity index (χ3v) is 8.91. The largest absolute Gasteiger partial charge is 0.444 e. The van der Waals surface area contributed by atoms with E-state index in [-0.39, 0.29) is 23.6 Å². The van der Waals surface area contributed by atoms with Crippen molar-refractivity contribution in [3.63, 3.8) is 0 Å². The first-order valence-corrected chi connectivity index (χ1v) is 16.6. The number of ether oxygens (including phenoxy) is 1. The number of nitrogens with two attached hydrogens (primary N) is 1. The number of alkyl carbamates (subject to hydrolysis) is 1. The van der Waals surface area contributed by atoms with Gasteiger partial charge < -0.3 is 26.0 Å². The molecule has 2 atom stereocenters. The van der Waals surface area contributed by atoms with Crippen molar-refractivity contribution in [2.24, 2.45) is 5.92 Å². The Kier molecular flexibility index (Phi) is 11.1. The molecule has 1 heterocycles. The summed E-state index contributed by atoms with van der Waals surface area (Å²) in [4.78, 5) is 54.1. The molecule has 1 aromatic carbocycles. The van der Waals surface area contributed by atoms with Gasteiger partial charge in [0.05, 0.1) is 4.90 Å². The number of rotatable bonds is 13. The molecule has 12 nitrogen and oxygen atoms in total. The number of nitrogens with one attached hydrogen (secondary N) is 3. The summed E-state index contributed by atoms with van der Waals surface area (Å²) in [7, 11) is -4.18. The van der Waals surface area contributed by atoms with Gasteiger partial charge in [0, 0.05) is 12.2 Å². The van der Waals surface area contributed by atoms with Gasteiger partial charge in [-0.1, -0.05) is 39.5 Å². The number of unbranched alkanes of at least 4 members (excludes halogenated alkanes) is 2. The molecule has 1 aliphatic carbocycles. The summed E-state index contributed by atoms with van der Waals surface area (Å²) in [6.07, 6.45) is 4.88. The Morgan fingerprint density at radius 3 is 2.26 bits per heavy atom. The normalized spacial score (nSPS) is 18.6. The van der Waals surface area contributed by atoms with E-state index in [1.165, 1.54) is 29.2 Å². The van der Waals surface area contributed by atoms with Gasteiger partial charge in [0.1, 0.15) is 23.2 Å². The molecule has 1 saturated heterocycles. The lowest BCUT2D eigenvalue weighted by Crippen LogP contribution is -2.57. The quantitative estimate of drug-likeness (QED) is 0.192.